The molecule has 31 heavy (non-hydrogen) atoms. The molecule has 7 nitrogen and oxygen atoms in total. The Morgan fingerprint density at radius 1 is 1.26 bits per heavy atom. The summed E-state index contributed by atoms with van der Waals surface area (Å²) in [5.74, 6) is 1.87. The van der Waals surface area contributed by atoms with Crippen LogP contribution in [0.5, 0.6) is 11.5 Å². The van der Waals surface area contributed by atoms with E-state index in [0.29, 0.717) is 35.3 Å². The van der Waals surface area contributed by atoms with Crippen LogP contribution < -0.4 is 10.1 Å². The van der Waals surface area contributed by atoms with Gasteiger partial charge in [0.25, 0.3) is 0 Å². The van der Waals surface area contributed by atoms with Crippen LogP contribution in [0, 0.1) is 0 Å². The topological polar surface area (TPSA) is 82.0 Å². The fourth-order valence-electron chi connectivity index (χ4n) is 2.92. The SMILES string of the molecule is COC(=O)C(C)(CC1=CCC=CC(Nc2ncc(Br)cc2Oc2ccccc2)=N1)OC. The minimum absolute atomic E-state index is 0.268. The Kier molecular flexibility index (Phi) is 7.59. The van der Waals surface area contributed by atoms with Gasteiger partial charge in [-0.1, -0.05) is 30.4 Å². The van der Waals surface area contributed by atoms with Gasteiger partial charge in [0.15, 0.2) is 17.2 Å². The molecule has 0 radical (unpaired) electrons. The summed E-state index contributed by atoms with van der Waals surface area (Å²) in [4.78, 5) is 21.3. The first-order chi connectivity index (χ1) is 14.9. The first kappa shape index (κ1) is 22.7. The molecule has 2 aromatic rings. The number of hydrogen-bond acceptors (Lipinski definition) is 7. The number of carbonyl (C=O) groups excluding carboxylic acids is 1. The average molecular weight is 486 g/mol. The number of aliphatic imine (C=N–C) groups is 1. The number of aromatic nitrogens is 1. The van der Waals surface area contributed by atoms with Gasteiger partial charge in [-0.25, -0.2) is 14.8 Å². The number of rotatable bonds is 7. The lowest BCUT2D eigenvalue weighted by molar-refractivity contribution is -0.163. The van der Waals surface area contributed by atoms with Gasteiger partial charge >= 0.3 is 5.97 Å². The third-order valence-electron chi connectivity index (χ3n) is 4.65. The maximum absolute atomic E-state index is 12.2. The van der Waals surface area contributed by atoms with E-state index in [1.807, 2.05) is 54.6 Å². The van der Waals surface area contributed by atoms with E-state index in [0.717, 1.165) is 4.47 Å². The molecule has 3 rings (SSSR count). The Balaban J connectivity index is 1.84. The monoisotopic (exact) mass is 485 g/mol. The number of halogens is 1. The van der Waals surface area contributed by atoms with E-state index in [9.17, 15) is 4.79 Å². The predicted molar refractivity (Wildman–Crippen MR) is 123 cm³/mol. The molecule has 0 aliphatic carbocycles. The number of ether oxygens (including phenoxy) is 3. The zero-order valence-electron chi connectivity index (χ0n) is 17.6. The van der Waals surface area contributed by atoms with Crippen molar-refractivity contribution in [2.75, 3.05) is 19.5 Å². The van der Waals surface area contributed by atoms with E-state index in [2.05, 4.69) is 31.2 Å². The molecule has 1 aromatic heterocycles. The highest BCUT2D eigenvalue weighted by molar-refractivity contribution is 9.10. The van der Waals surface area contributed by atoms with E-state index in [4.69, 9.17) is 14.2 Å². The number of amidine groups is 1. The number of anilines is 1. The number of nitrogens with zero attached hydrogens (tertiary/aromatic N) is 2. The fourth-order valence-corrected chi connectivity index (χ4v) is 3.23. The van der Waals surface area contributed by atoms with Crippen LogP contribution in [0.3, 0.4) is 0 Å². The van der Waals surface area contributed by atoms with Crippen molar-refractivity contribution in [1.82, 2.24) is 4.98 Å². The third-order valence-corrected chi connectivity index (χ3v) is 5.09. The number of carbonyl (C=O) groups is 1. The summed E-state index contributed by atoms with van der Waals surface area (Å²) in [7, 11) is 2.82. The number of allylic oxidation sites excluding steroid dienone is 2. The van der Waals surface area contributed by atoms with Crippen molar-refractivity contribution in [2.45, 2.75) is 25.4 Å². The van der Waals surface area contributed by atoms with Crippen LogP contribution in [0.4, 0.5) is 5.82 Å². The number of hydrogen-bond donors (Lipinski definition) is 1. The lowest BCUT2D eigenvalue weighted by Gasteiger charge is -2.25. The van der Waals surface area contributed by atoms with Gasteiger partial charge in [0.05, 0.1) is 7.11 Å². The first-order valence-electron chi connectivity index (χ1n) is 9.67. The molecule has 0 saturated heterocycles. The Bertz CT molecular complexity index is 1020. The van der Waals surface area contributed by atoms with E-state index in [1.165, 1.54) is 14.2 Å². The van der Waals surface area contributed by atoms with E-state index in [1.54, 1.807) is 13.1 Å². The van der Waals surface area contributed by atoms with Crippen LogP contribution in [-0.2, 0) is 14.3 Å². The second-order valence-electron chi connectivity index (χ2n) is 6.97. The lowest BCUT2D eigenvalue weighted by Crippen LogP contribution is -2.38. The molecule has 1 N–H and O–H groups in total. The molecular formula is C23H24BrN3O4. The number of para-hydroxylation sites is 1. The van der Waals surface area contributed by atoms with Gasteiger partial charge in [0.1, 0.15) is 11.6 Å². The molecule has 0 fully saturated rings. The molecule has 0 bridgehead atoms. The molecule has 1 aromatic carbocycles. The van der Waals surface area contributed by atoms with Crippen LogP contribution in [0.2, 0.25) is 0 Å². The van der Waals surface area contributed by atoms with Crippen LogP contribution >= 0.6 is 15.9 Å². The van der Waals surface area contributed by atoms with Crippen LogP contribution in [0.15, 0.2) is 76.0 Å². The van der Waals surface area contributed by atoms with Gasteiger partial charge in [-0.05, 0) is 47.5 Å². The molecule has 0 spiro atoms. The molecule has 1 aliphatic rings. The van der Waals surface area contributed by atoms with Crippen molar-refractivity contribution in [3.05, 3.63) is 71.0 Å². The highest BCUT2D eigenvalue weighted by Gasteiger charge is 2.35. The highest BCUT2D eigenvalue weighted by Crippen LogP contribution is 2.31. The standard InChI is InChI=1S/C23H24BrN3O4/c1-23(30-3,22(28)29-2)14-17-9-7-8-12-20(26-17)27-21-19(13-16(24)15-25-21)31-18-10-5-4-6-11-18/h4-6,8-13,15H,7,14H2,1-3H3,(H,25,26,27). The molecule has 1 unspecified atom stereocenters. The van der Waals surface area contributed by atoms with Crippen molar-refractivity contribution in [1.29, 1.82) is 0 Å². The van der Waals surface area contributed by atoms with Gasteiger partial charge < -0.3 is 19.5 Å². The van der Waals surface area contributed by atoms with Crippen molar-refractivity contribution in [2.24, 2.45) is 4.99 Å². The summed E-state index contributed by atoms with van der Waals surface area (Å²) in [5.41, 5.74) is -0.429. The van der Waals surface area contributed by atoms with Crippen molar-refractivity contribution >= 4 is 33.6 Å². The molecule has 1 atom stereocenters. The maximum Gasteiger partial charge on any atom is 0.338 e. The normalized spacial score (nSPS) is 15.2. The lowest BCUT2D eigenvalue weighted by atomic mass is 9.99. The smallest absolute Gasteiger partial charge is 0.338 e. The molecule has 8 heteroatoms. The average Bonchev–Trinajstić information content (AvgIpc) is 3.00. The first-order valence-corrected chi connectivity index (χ1v) is 10.5. The Morgan fingerprint density at radius 2 is 2.03 bits per heavy atom. The highest BCUT2D eigenvalue weighted by atomic mass is 79.9. The van der Waals surface area contributed by atoms with E-state index < -0.39 is 11.6 Å². The summed E-state index contributed by atoms with van der Waals surface area (Å²) in [5, 5.41) is 3.22. The van der Waals surface area contributed by atoms with Gasteiger partial charge in [0.2, 0.25) is 0 Å². The fraction of sp³-hybridized carbons (Fsp3) is 0.261. The number of esters is 1. The Hall–Kier alpha value is -2.97. The van der Waals surface area contributed by atoms with E-state index in [-0.39, 0.29) is 6.42 Å². The van der Waals surface area contributed by atoms with Crippen molar-refractivity contribution in [3.8, 4) is 11.5 Å². The maximum atomic E-state index is 12.2. The number of pyridine rings is 1. The number of methoxy groups -OCH3 is 2. The largest absolute Gasteiger partial charge is 0.467 e. The van der Waals surface area contributed by atoms with Gasteiger partial charge in [-0.2, -0.15) is 0 Å². The summed E-state index contributed by atoms with van der Waals surface area (Å²) >= 11 is 3.44. The minimum atomic E-state index is -1.13. The summed E-state index contributed by atoms with van der Waals surface area (Å²) in [6.45, 7) is 1.68. The summed E-state index contributed by atoms with van der Waals surface area (Å²) in [6.07, 6.45) is 8.40. The van der Waals surface area contributed by atoms with Crippen LogP contribution in [-0.4, -0.2) is 36.6 Å². The minimum Gasteiger partial charge on any atom is -0.467 e. The van der Waals surface area contributed by atoms with Crippen molar-refractivity contribution in [3.63, 3.8) is 0 Å². The molecular weight excluding hydrogens is 462 g/mol. The van der Waals surface area contributed by atoms with Gasteiger partial charge in [-0.3, -0.25) is 0 Å². The Morgan fingerprint density at radius 3 is 2.74 bits per heavy atom. The second kappa shape index (κ2) is 10.4. The molecule has 2 heterocycles. The third kappa shape index (κ3) is 6.02. The zero-order chi connectivity index (χ0) is 22.3. The summed E-state index contributed by atoms with van der Waals surface area (Å²) < 4.78 is 17.1. The van der Waals surface area contributed by atoms with Gasteiger partial charge in [0, 0.05) is 36.0 Å². The quantitative estimate of drug-likeness (QED) is 0.538. The Labute approximate surface area is 190 Å². The van der Waals surface area contributed by atoms with E-state index >= 15 is 0 Å². The molecule has 0 amide bonds. The second-order valence-corrected chi connectivity index (χ2v) is 7.89. The van der Waals surface area contributed by atoms with Crippen molar-refractivity contribution < 1.29 is 19.0 Å². The molecule has 0 saturated carbocycles. The summed E-state index contributed by atoms with van der Waals surface area (Å²) in [6, 6.07) is 11.3. The molecule has 1 aliphatic heterocycles. The molecule has 162 valence electrons. The van der Waals surface area contributed by atoms with Crippen LogP contribution in [0.1, 0.15) is 19.8 Å². The predicted octanol–water partition coefficient (Wildman–Crippen LogP) is 5.26. The zero-order valence-corrected chi connectivity index (χ0v) is 19.2. The van der Waals surface area contributed by atoms with Crippen LogP contribution in [0.25, 0.3) is 0 Å². The van der Waals surface area contributed by atoms with Gasteiger partial charge in [-0.15, -0.1) is 0 Å². The number of benzene rings is 1. The number of nitrogens with one attached hydrogen (secondary N) is 1.